The van der Waals surface area contributed by atoms with E-state index >= 15 is 0 Å². The summed E-state index contributed by atoms with van der Waals surface area (Å²) in [4.78, 5) is 14.9. The lowest BCUT2D eigenvalue weighted by molar-refractivity contribution is 0.122. The first kappa shape index (κ1) is 15.0. The Morgan fingerprint density at radius 3 is 2.59 bits per heavy atom. The second-order valence-electron chi connectivity index (χ2n) is 5.25. The SMILES string of the molecule is Cc1ccc(Nc2nc(Cl)nc(N3CCOCC3)n2)cc1C. The second-order valence-corrected chi connectivity index (χ2v) is 5.59. The third-order valence-corrected chi connectivity index (χ3v) is 3.82. The number of halogens is 1. The van der Waals surface area contributed by atoms with Crippen LogP contribution in [0.1, 0.15) is 11.1 Å². The van der Waals surface area contributed by atoms with Crippen molar-refractivity contribution in [2.75, 3.05) is 36.5 Å². The van der Waals surface area contributed by atoms with Crippen LogP contribution >= 0.6 is 11.6 Å². The van der Waals surface area contributed by atoms with E-state index < -0.39 is 0 Å². The molecule has 2 heterocycles. The van der Waals surface area contributed by atoms with Gasteiger partial charge in [0.25, 0.3) is 0 Å². The summed E-state index contributed by atoms with van der Waals surface area (Å²) in [6, 6.07) is 6.11. The molecule has 1 aromatic carbocycles. The molecule has 0 aliphatic carbocycles. The van der Waals surface area contributed by atoms with Crippen molar-refractivity contribution in [1.29, 1.82) is 0 Å². The molecule has 1 aromatic heterocycles. The minimum atomic E-state index is 0.183. The summed E-state index contributed by atoms with van der Waals surface area (Å²) in [5, 5.41) is 3.37. The van der Waals surface area contributed by atoms with Gasteiger partial charge < -0.3 is 15.0 Å². The molecule has 1 saturated heterocycles. The molecular formula is C15H18ClN5O. The minimum absolute atomic E-state index is 0.183. The number of benzene rings is 1. The first-order valence-electron chi connectivity index (χ1n) is 7.20. The molecule has 22 heavy (non-hydrogen) atoms. The van der Waals surface area contributed by atoms with Crippen LogP contribution in [-0.4, -0.2) is 41.3 Å². The number of aromatic nitrogens is 3. The molecule has 1 aliphatic rings. The van der Waals surface area contributed by atoms with Crippen molar-refractivity contribution in [3.05, 3.63) is 34.6 Å². The molecule has 0 spiro atoms. The molecular weight excluding hydrogens is 302 g/mol. The molecule has 7 heteroatoms. The number of hydrogen-bond acceptors (Lipinski definition) is 6. The smallest absolute Gasteiger partial charge is 0.233 e. The van der Waals surface area contributed by atoms with Crippen LogP contribution in [0.15, 0.2) is 18.2 Å². The summed E-state index contributed by atoms with van der Waals surface area (Å²) < 4.78 is 5.34. The number of aryl methyl sites for hydroxylation is 2. The van der Waals surface area contributed by atoms with Gasteiger partial charge in [-0.25, -0.2) is 0 Å². The van der Waals surface area contributed by atoms with E-state index in [1.54, 1.807) is 0 Å². The molecule has 0 amide bonds. The Labute approximate surface area is 134 Å². The van der Waals surface area contributed by atoms with Crippen LogP contribution in [0.25, 0.3) is 0 Å². The van der Waals surface area contributed by atoms with Gasteiger partial charge in [-0.3, -0.25) is 0 Å². The van der Waals surface area contributed by atoms with Crippen molar-refractivity contribution in [3.8, 4) is 0 Å². The van der Waals surface area contributed by atoms with Gasteiger partial charge >= 0.3 is 0 Å². The fourth-order valence-electron chi connectivity index (χ4n) is 2.25. The average Bonchev–Trinajstić information content (AvgIpc) is 2.51. The van der Waals surface area contributed by atoms with Gasteiger partial charge in [0.2, 0.25) is 17.2 Å². The van der Waals surface area contributed by atoms with Gasteiger partial charge in [-0.2, -0.15) is 15.0 Å². The standard InChI is InChI=1S/C15H18ClN5O/c1-10-3-4-12(9-11(10)2)17-14-18-13(16)19-15(20-14)21-5-7-22-8-6-21/h3-4,9H,5-8H2,1-2H3,(H,17,18,19,20). The van der Waals surface area contributed by atoms with Gasteiger partial charge in [-0.1, -0.05) is 6.07 Å². The Balaban J connectivity index is 1.83. The lowest BCUT2D eigenvalue weighted by atomic mass is 10.1. The van der Waals surface area contributed by atoms with Gasteiger partial charge in [-0.05, 0) is 48.7 Å². The zero-order chi connectivity index (χ0) is 15.5. The summed E-state index contributed by atoms with van der Waals surface area (Å²) >= 11 is 6.03. The second kappa shape index (κ2) is 6.46. The van der Waals surface area contributed by atoms with Crippen LogP contribution in [0.3, 0.4) is 0 Å². The maximum absolute atomic E-state index is 6.03. The number of rotatable bonds is 3. The minimum Gasteiger partial charge on any atom is -0.378 e. The summed E-state index contributed by atoms with van der Waals surface area (Å²) in [6.07, 6.45) is 0. The van der Waals surface area contributed by atoms with E-state index in [9.17, 15) is 0 Å². The molecule has 0 saturated carbocycles. The van der Waals surface area contributed by atoms with E-state index in [0.29, 0.717) is 25.1 Å². The van der Waals surface area contributed by atoms with Gasteiger partial charge in [0, 0.05) is 18.8 Å². The topological polar surface area (TPSA) is 63.2 Å². The van der Waals surface area contributed by atoms with E-state index in [2.05, 4.69) is 46.2 Å². The molecule has 6 nitrogen and oxygen atoms in total. The van der Waals surface area contributed by atoms with Crippen molar-refractivity contribution in [1.82, 2.24) is 15.0 Å². The molecule has 3 rings (SSSR count). The fraction of sp³-hybridized carbons (Fsp3) is 0.400. The summed E-state index contributed by atoms with van der Waals surface area (Å²) in [5.74, 6) is 1.03. The van der Waals surface area contributed by atoms with Gasteiger partial charge in [-0.15, -0.1) is 0 Å². The van der Waals surface area contributed by atoms with Gasteiger partial charge in [0.05, 0.1) is 13.2 Å². The Morgan fingerprint density at radius 1 is 1.09 bits per heavy atom. The number of hydrogen-bond donors (Lipinski definition) is 1. The van der Waals surface area contributed by atoms with E-state index in [1.165, 1.54) is 11.1 Å². The highest BCUT2D eigenvalue weighted by Crippen LogP contribution is 2.20. The normalized spacial score (nSPS) is 15.0. The van der Waals surface area contributed by atoms with Crippen molar-refractivity contribution >= 4 is 29.2 Å². The highest BCUT2D eigenvalue weighted by Gasteiger charge is 2.16. The molecule has 1 N–H and O–H groups in total. The highest BCUT2D eigenvalue weighted by atomic mass is 35.5. The quantitative estimate of drug-likeness (QED) is 0.938. The van der Waals surface area contributed by atoms with Crippen LogP contribution in [0.5, 0.6) is 0 Å². The van der Waals surface area contributed by atoms with E-state index in [1.807, 2.05) is 11.0 Å². The number of ether oxygens (including phenoxy) is 1. The van der Waals surface area contributed by atoms with Crippen molar-refractivity contribution in [3.63, 3.8) is 0 Å². The Kier molecular flexibility index (Phi) is 4.40. The number of nitrogens with zero attached hydrogens (tertiary/aromatic N) is 4. The summed E-state index contributed by atoms with van der Waals surface area (Å²) in [5.41, 5.74) is 3.38. The Bertz CT molecular complexity index is 673. The predicted octanol–water partition coefficient (Wildman–Crippen LogP) is 2.72. The van der Waals surface area contributed by atoms with E-state index in [-0.39, 0.29) is 5.28 Å². The molecule has 1 aliphatic heterocycles. The monoisotopic (exact) mass is 319 g/mol. The molecule has 0 atom stereocenters. The Morgan fingerprint density at radius 2 is 1.86 bits per heavy atom. The average molecular weight is 320 g/mol. The first-order chi connectivity index (χ1) is 10.6. The fourth-order valence-corrected chi connectivity index (χ4v) is 2.40. The predicted molar refractivity (Wildman–Crippen MR) is 87.1 cm³/mol. The number of nitrogens with one attached hydrogen (secondary N) is 1. The third-order valence-electron chi connectivity index (χ3n) is 3.65. The highest BCUT2D eigenvalue weighted by molar-refractivity contribution is 6.28. The number of anilines is 3. The van der Waals surface area contributed by atoms with Crippen molar-refractivity contribution in [2.45, 2.75) is 13.8 Å². The molecule has 2 aromatic rings. The van der Waals surface area contributed by atoms with E-state index in [0.717, 1.165) is 18.8 Å². The molecule has 116 valence electrons. The van der Waals surface area contributed by atoms with Gasteiger partial charge in [0.1, 0.15) is 0 Å². The summed E-state index contributed by atoms with van der Waals surface area (Å²) in [6.45, 7) is 6.99. The van der Waals surface area contributed by atoms with Crippen molar-refractivity contribution in [2.24, 2.45) is 0 Å². The van der Waals surface area contributed by atoms with Crippen LogP contribution in [-0.2, 0) is 4.74 Å². The molecule has 1 fully saturated rings. The number of morpholine rings is 1. The van der Waals surface area contributed by atoms with Crippen LogP contribution in [0.4, 0.5) is 17.6 Å². The first-order valence-corrected chi connectivity index (χ1v) is 7.58. The largest absolute Gasteiger partial charge is 0.378 e. The summed E-state index contributed by atoms with van der Waals surface area (Å²) in [7, 11) is 0. The molecule has 0 bridgehead atoms. The zero-order valence-corrected chi connectivity index (χ0v) is 13.4. The van der Waals surface area contributed by atoms with E-state index in [4.69, 9.17) is 16.3 Å². The molecule has 0 unspecified atom stereocenters. The van der Waals surface area contributed by atoms with Crippen LogP contribution in [0, 0.1) is 13.8 Å². The zero-order valence-electron chi connectivity index (χ0n) is 12.6. The maximum Gasteiger partial charge on any atom is 0.233 e. The lowest BCUT2D eigenvalue weighted by Crippen LogP contribution is -2.37. The third kappa shape index (κ3) is 3.45. The lowest BCUT2D eigenvalue weighted by Gasteiger charge is -2.26. The van der Waals surface area contributed by atoms with Gasteiger partial charge in [0.15, 0.2) is 0 Å². The Hall–Kier alpha value is -1.92. The van der Waals surface area contributed by atoms with Crippen molar-refractivity contribution < 1.29 is 4.74 Å². The van der Waals surface area contributed by atoms with Crippen LogP contribution in [0.2, 0.25) is 5.28 Å². The molecule has 0 radical (unpaired) electrons. The van der Waals surface area contributed by atoms with Crippen LogP contribution < -0.4 is 10.2 Å². The maximum atomic E-state index is 6.03.